The number of hydrogen-bond acceptors (Lipinski definition) is 5. The molecule has 1 aliphatic carbocycles. The number of ether oxygens (including phenoxy) is 2. The van der Waals surface area contributed by atoms with E-state index in [0.29, 0.717) is 43.8 Å². The van der Waals surface area contributed by atoms with Crippen LogP contribution in [0.3, 0.4) is 0 Å². The second kappa shape index (κ2) is 6.96. The molecule has 9 heteroatoms. The van der Waals surface area contributed by atoms with E-state index in [1.165, 1.54) is 10.4 Å². The van der Waals surface area contributed by atoms with Crippen molar-refractivity contribution in [1.29, 1.82) is 0 Å². The molecule has 0 atom stereocenters. The molecule has 0 bridgehead atoms. The van der Waals surface area contributed by atoms with E-state index in [0.717, 1.165) is 19.3 Å². The lowest BCUT2D eigenvalue weighted by Gasteiger charge is -2.34. The van der Waals surface area contributed by atoms with Crippen LogP contribution in [0.2, 0.25) is 0 Å². The second-order valence-electron chi connectivity index (χ2n) is 6.77. The monoisotopic (exact) mass is 381 g/mol. The van der Waals surface area contributed by atoms with E-state index in [-0.39, 0.29) is 24.0 Å². The van der Waals surface area contributed by atoms with Gasteiger partial charge < -0.3 is 19.7 Å². The van der Waals surface area contributed by atoms with Crippen LogP contribution >= 0.6 is 0 Å². The van der Waals surface area contributed by atoms with Crippen molar-refractivity contribution in [2.75, 3.05) is 39.4 Å². The number of hydrogen-bond donors (Lipinski definition) is 1. The third kappa shape index (κ3) is 3.59. The van der Waals surface area contributed by atoms with Crippen LogP contribution < -0.4 is 14.8 Å². The molecule has 2 aliphatic heterocycles. The summed E-state index contributed by atoms with van der Waals surface area (Å²) >= 11 is 0. The summed E-state index contributed by atoms with van der Waals surface area (Å²) in [7, 11) is -3.63. The van der Waals surface area contributed by atoms with Crippen molar-refractivity contribution in [3.05, 3.63) is 18.2 Å². The van der Waals surface area contributed by atoms with Crippen LogP contribution in [0.1, 0.15) is 19.3 Å². The van der Waals surface area contributed by atoms with Gasteiger partial charge >= 0.3 is 6.03 Å². The highest BCUT2D eigenvalue weighted by Crippen LogP contribution is 2.33. The molecule has 1 saturated heterocycles. The number of carbonyl (C=O) groups excluding carboxylic acids is 1. The Bertz CT molecular complexity index is 786. The minimum atomic E-state index is -3.63. The number of nitrogens with one attached hydrogen (secondary N) is 1. The zero-order valence-electron chi connectivity index (χ0n) is 14.5. The minimum Gasteiger partial charge on any atom is -0.490 e. The maximum atomic E-state index is 12.9. The lowest BCUT2D eigenvalue weighted by molar-refractivity contribution is 0.172. The Morgan fingerprint density at radius 3 is 2.42 bits per heavy atom. The summed E-state index contributed by atoms with van der Waals surface area (Å²) < 4.78 is 38.4. The summed E-state index contributed by atoms with van der Waals surface area (Å²) in [6.07, 6.45) is 2.83. The Hall–Kier alpha value is -2.00. The van der Waals surface area contributed by atoms with Crippen molar-refractivity contribution < 1.29 is 22.7 Å². The topological polar surface area (TPSA) is 88.2 Å². The van der Waals surface area contributed by atoms with Crippen LogP contribution in [0.4, 0.5) is 4.79 Å². The molecule has 0 unspecified atom stereocenters. The van der Waals surface area contributed by atoms with Crippen LogP contribution in [0, 0.1) is 0 Å². The number of piperazine rings is 1. The van der Waals surface area contributed by atoms with Gasteiger partial charge in [-0.05, 0) is 25.0 Å². The molecule has 1 aromatic rings. The normalized spacial score (nSPS) is 21.2. The van der Waals surface area contributed by atoms with Crippen molar-refractivity contribution in [2.45, 2.75) is 30.2 Å². The highest BCUT2D eigenvalue weighted by Gasteiger charge is 2.32. The molecule has 4 rings (SSSR count). The van der Waals surface area contributed by atoms with E-state index >= 15 is 0 Å². The Morgan fingerprint density at radius 1 is 1.04 bits per heavy atom. The Morgan fingerprint density at radius 2 is 1.73 bits per heavy atom. The molecule has 1 aromatic carbocycles. The summed E-state index contributed by atoms with van der Waals surface area (Å²) in [6.45, 7) is 2.42. The van der Waals surface area contributed by atoms with Gasteiger partial charge in [-0.2, -0.15) is 4.31 Å². The van der Waals surface area contributed by atoms with E-state index in [1.54, 1.807) is 17.0 Å². The van der Waals surface area contributed by atoms with Crippen LogP contribution in [0.5, 0.6) is 11.5 Å². The van der Waals surface area contributed by atoms with E-state index in [1.807, 2.05) is 0 Å². The molecule has 2 heterocycles. The van der Waals surface area contributed by atoms with Gasteiger partial charge in [-0.15, -0.1) is 0 Å². The van der Waals surface area contributed by atoms with Gasteiger partial charge in [0.2, 0.25) is 10.0 Å². The molecule has 2 amide bonds. The van der Waals surface area contributed by atoms with Gasteiger partial charge in [0.15, 0.2) is 11.5 Å². The molecule has 0 radical (unpaired) electrons. The van der Waals surface area contributed by atoms with Gasteiger partial charge in [0, 0.05) is 44.7 Å². The van der Waals surface area contributed by atoms with Crippen LogP contribution in [0.15, 0.2) is 23.1 Å². The first-order valence-electron chi connectivity index (χ1n) is 8.99. The fourth-order valence-electron chi connectivity index (χ4n) is 3.08. The molecular formula is C17H23N3O5S. The maximum absolute atomic E-state index is 12.9. The van der Waals surface area contributed by atoms with E-state index < -0.39 is 10.0 Å². The lowest BCUT2D eigenvalue weighted by atomic mass is 10.3. The average molecular weight is 381 g/mol. The highest BCUT2D eigenvalue weighted by atomic mass is 32.2. The number of urea groups is 1. The molecule has 8 nitrogen and oxygen atoms in total. The van der Waals surface area contributed by atoms with Crippen molar-refractivity contribution in [3.8, 4) is 11.5 Å². The number of fused-ring (bicyclic) bond motifs is 1. The van der Waals surface area contributed by atoms with Crippen LogP contribution in [-0.4, -0.2) is 69.1 Å². The fourth-order valence-corrected chi connectivity index (χ4v) is 4.52. The Balaban J connectivity index is 1.44. The quantitative estimate of drug-likeness (QED) is 0.845. The second-order valence-corrected chi connectivity index (χ2v) is 8.71. The third-order valence-corrected chi connectivity index (χ3v) is 6.68. The Kier molecular flexibility index (Phi) is 4.66. The molecule has 1 N–H and O–H groups in total. The molecule has 0 spiro atoms. The van der Waals surface area contributed by atoms with Gasteiger partial charge in [0.05, 0.1) is 18.1 Å². The number of benzene rings is 1. The molecule has 2 fully saturated rings. The zero-order valence-corrected chi connectivity index (χ0v) is 15.3. The standard InChI is InChI=1S/C17H23N3O5S/c21-17(18-13-2-3-13)19-6-8-20(9-7-19)26(22,23)14-4-5-15-16(12-14)25-11-1-10-24-15/h4-5,12-13H,1-3,6-11H2,(H,18,21). The van der Waals surface area contributed by atoms with Crippen LogP contribution in [0.25, 0.3) is 0 Å². The summed E-state index contributed by atoms with van der Waals surface area (Å²) in [5.41, 5.74) is 0. The molecule has 1 saturated carbocycles. The van der Waals surface area contributed by atoms with E-state index in [2.05, 4.69) is 5.32 Å². The SMILES string of the molecule is O=C(NC1CC1)N1CCN(S(=O)(=O)c2ccc3c(c2)OCCCO3)CC1. The Labute approximate surface area is 153 Å². The van der Waals surface area contributed by atoms with Gasteiger partial charge in [0.1, 0.15) is 0 Å². The zero-order chi connectivity index (χ0) is 18.1. The summed E-state index contributed by atoms with van der Waals surface area (Å²) in [6, 6.07) is 4.93. The first-order chi connectivity index (χ1) is 12.5. The van der Waals surface area contributed by atoms with Gasteiger partial charge in [0.25, 0.3) is 0 Å². The van der Waals surface area contributed by atoms with Gasteiger partial charge in [-0.25, -0.2) is 13.2 Å². The fraction of sp³-hybridized carbons (Fsp3) is 0.588. The molecular weight excluding hydrogens is 358 g/mol. The van der Waals surface area contributed by atoms with Crippen LogP contribution in [-0.2, 0) is 10.0 Å². The van der Waals surface area contributed by atoms with Gasteiger partial charge in [-0.1, -0.05) is 0 Å². The molecule has 3 aliphatic rings. The predicted octanol–water partition coefficient (Wildman–Crippen LogP) is 1.03. The summed E-state index contributed by atoms with van der Waals surface area (Å²) in [4.78, 5) is 14.0. The first kappa shape index (κ1) is 17.4. The summed E-state index contributed by atoms with van der Waals surface area (Å²) in [5.74, 6) is 1.04. The maximum Gasteiger partial charge on any atom is 0.317 e. The minimum absolute atomic E-state index is 0.0971. The number of nitrogens with zero attached hydrogens (tertiary/aromatic N) is 2. The average Bonchev–Trinajstić information content (AvgIpc) is 3.47. The molecule has 142 valence electrons. The van der Waals surface area contributed by atoms with E-state index in [9.17, 15) is 13.2 Å². The van der Waals surface area contributed by atoms with Crippen molar-refractivity contribution >= 4 is 16.1 Å². The largest absolute Gasteiger partial charge is 0.490 e. The smallest absolute Gasteiger partial charge is 0.317 e. The number of amides is 2. The molecule has 0 aromatic heterocycles. The molecule has 26 heavy (non-hydrogen) atoms. The van der Waals surface area contributed by atoms with E-state index in [4.69, 9.17) is 9.47 Å². The number of rotatable bonds is 3. The van der Waals surface area contributed by atoms with Crippen molar-refractivity contribution in [3.63, 3.8) is 0 Å². The van der Waals surface area contributed by atoms with Gasteiger partial charge in [-0.3, -0.25) is 0 Å². The highest BCUT2D eigenvalue weighted by molar-refractivity contribution is 7.89. The van der Waals surface area contributed by atoms with Crippen molar-refractivity contribution in [1.82, 2.24) is 14.5 Å². The third-order valence-electron chi connectivity index (χ3n) is 4.79. The predicted molar refractivity (Wildman–Crippen MR) is 93.9 cm³/mol. The summed E-state index contributed by atoms with van der Waals surface area (Å²) in [5, 5.41) is 2.94. The number of sulfonamides is 1. The van der Waals surface area contributed by atoms with Crippen molar-refractivity contribution in [2.24, 2.45) is 0 Å². The lowest BCUT2D eigenvalue weighted by Crippen LogP contribution is -2.53. The number of carbonyl (C=O) groups is 1. The first-order valence-corrected chi connectivity index (χ1v) is 10.4.